The molecule has 0 aliphatic carbocycles. The van der Waals surface area contributed by atoms with Crippen LogP contribution in [0.5, 0.6) is 0 Å². The number of amides is 2. The van der Waals surface area contributed by atoms with Gasteiger partial charge >= 0.3 is 0 Å². The molecule has 2 amide bonds. The highest BCUT2D eigenvalue weighted by Crippen LogP contribution is 2.21. The van der Waals surface area contributed by atoms with E-state index < -0.39 is 27.7 Å². The van der Waals surface area contributed by atoms with Crippen LogP contribution in [0.25, 0.3) is 0 Å². The second-order valence-electron chi connectivity index (χ2n) is 7.65. The van der Waals surface area contributed by atoms with Gasteiger partial charge in [-0.1, -0.05) is 30.3 Å². The molecule has 0 saturated carbocycles. The molecular weight excluding hydrogens is 452 g/mol. The van der Waals surface area contributed by atoms with Gasteiger partial charge in [-0.25, -0.2) is 17.2 Å². The molecule has 1 atom stereocenters. The molecule has 0 saturated heterocycles. The van der Waals surface area contributed by atoms with E-state index in [9.17, 15) is 26.8 Å². The Morgan fingerprint density at radius 2 is 1.70 bits per heavy atom. The minimum Gasteiger partial charge on any atom is -0.357 e. The zero-order valence-corrected chi connectivity index (χ0v) is 19.7. The van der Waals surface area contributed by atoms with Gasteiger partial charge in [0.1, 0.15) is 6.04 Å². The van der Waals surface area contributed by atoms with Crippen LogP contribution in [0, 0.1) is 11.6 Å². The summed E-state index contributed by atoms with van der Waals surface area (Å²) in [5.41, 5.74) is 0.990. The third-order valence-corrected chi connectivity index (χ3v) is 6.44. The maximum atomic E-state index is 13.6. The summed E-state index contributed by atoms with van der Waals surface area (Å²) in [6.45, 7) is 1.85. The second kappa shape index (κ2) is 11.7. The molecule has 33 heavy (non-hydrogen) atoms. The number of rotatable bonds is 11. The number of nitrogens with zero attached hydrogens (tertiary/aromatic N) is 2. The molecule has 0 aliphatic rings. The molecule has 10 heteroatoms. The minimum atomic E-state index is -3.79. The van der Waals surface area contributed by atoms with Crippen molar-refractivity contribution in [3.8, 4) is 0 Å². The van der Waals surface area contributed by atoms with Gasteiger partial charge in [-0.15, -0.1) is 0 Å². The summed E-state index contributed by atoms with van der Waals surface area (Å²) in [5.74, 6) is -2.86. The summed E-state index contributed by atoms with van der Waals surface area (Å²) in [6, 6.07) is 11.6. The summed E-state index contributed by atoms with van der Waals surface area (Å²) in [4.78, 5) is 26.6. The van der Waals surface area contributed by atoms with Crippen molar-refractivity contribution in [1.29, 1.82) is 0 Å². The van der Waals surface area contributed by atoms with E-state index in [1.807, 2.05) is 30.3 Å². The largest absolute Gasteiger partial charge is 0.357 e. The average Bonchev–Trinajstić information content (AvgIpc) is 2.78. The lowest BCUT2D eigenvalue weighted by atomic mass is 10.1. The molecule has 2 aromatic carbocycles. The van der Waals surface area contributed by atoms with Crippen molar-refractivity contribution in [2.45, 2.75) is 32.2 Å². The summed E-state index contributed by atoms with van der Waals surface area (Å²) in [5, 5.41) is 2.54. The number of hydrogen-bond donors (Lipinski definition) is 1. The Labute approximate surface area is 193 Å². The SMILES string of the molecule is CNC(=O)[C@@H](C)N(CCc1ccccc1)C(=O)CCCN(c1ccc(F)c(F)c1)S(C)(=O)=O. The molecule has 0 aromatic heterocycles. The van der Waals surface area contributed by atoms with E-state index in [-0.39, 0.29) is 36.9 Å². The number of carbonyl (C=O) groups excluding carboxylic acids is 2. The van der Waals surface area contributed by atoms with Gasteiger partial charge < -0.3 is 10.2 Å². The first-order valence-electron chi connectivity index (χ1n) is 10.5. The van der Waals surface area contributed by atoms with E-state index in [4.69, 9.17) is 0 Å². The first-order chi connectivity index (χ1) is 15.5. The molecule has 0 spiro atoms. The Kier molecular flexibility index (Phi) is 9.33. The summed E-state index contributed by atoms with van der Waals surface area (Å²) in [7, 11) is -2.30. The fourth-order valence-corrected chi connectivity index (χ4v) is 4.38. The fraction of sp³-hybridized carbons (Fsp3) is 0.391. The third-order valence-electron chi connectivity index (χ3n) is 5.24. The van der Waals surface area contributed by atoms with Gasteiger partial charge in [0, 0.05) is 32.6 Å². The highest BCUT2D eigenvalue weighted by Gasteiger charge is 2.25. The Bertz CT molecular complexity index is 1060. The maximum Gasteiger partial charge on any atom is 0.242 e. The van der Waals surface area contributed by atoms with Crippen molar-refractivity contribution in [1.82, 2.24) is 10.2 Å². The van der Waals surface area contributed by atoms with E-state index in [1.165, 1.54) is 18.0 Å². The lowest BCUT2D eigenvalue weighted by Gasteiger charge is -2.29. The third kappa shape index (κ3) is 7.52. The maximum absolute atomic E-state index is 13.6. The van der Waals surface area contributed by atoms with E-state index in [0.29, 0.717) is 13.0 Å². The average molecular weight is 482 g/mol. The van der Waals surface area contributed by atoms with Crippen LogP contribution < -0.4 is 9.62 Å². The van der Waals surface area contributed by atoms with Gasteiger partial charge in [0.25, 0.3) is 0 Å². The van der Waals surface area contributed by atoms with Gasteiger partial charge in [0.15, 0.2) is 11.6 Å². The lowest BCUT2D eigenvalue weighted by Crippen LogP contribution is -2.48. The Hall–Kier alpha value is -3.01. The Balaban J connectivity index is 2.09. The molecule has 0 aliphatic heterocycles. The standard InChI is InChI=1S/C23H29F2N3O4S/c1-17(23(30)26-2)27(15-13-18-8-5-4-6-9-18)22(29)10-7-14-28(33(3,31)32)19-11-12-20(24)21(25)16-19/h4-6,8-9,11-12,16-17H,7,10,13-15H2,1-3H3,(H,26,30)/t17-/m1/s1. The number of benzene rings is 2. The van der Waals surface area contributed by atoms with Crippen molar-refractivity contribution >= 4 is 27.5 Å². The highest BCUT2D eigenvalue weighted by molar-refractivity contribution is 7.92. The van der Waals surface area contributed by atoms with Crippen LogP contribution >= 0.6 is 0 Å². The molecule has 0 radical (unpaired) electrons. The first kappa shape index (κ1) is 26.2. The van der Waals surface area contributed by atoms with E-state index >= 15 is 0 Å². The number of halogens is 2. The highest BCUT2D eigenvalue weighted by atomic mass is 32.2. The van der Waals surface area contributed by atoms with Gasteiger partial charge in [-0.2, -0.15) is 0 Å². The van der Waals surface area contributed by atoms with E-state index in [1.54, 1.807) is 6.92 Å². The van der Waals surface area contributed by atoms with Crippen molar-refractivity contribution in [3.63, 3.8) is 0 Å². The molecule has 180 valence electrons. The topological polar surface area (TPSA) is 86.8 Å². The van der Waals surface area contributed by atoms with E-state index in [2.05, 4.69) is 5.32 Å². The van der Waals surface area contributed by atoms with Gasteiger partial charge in [-0.3, -0.25) is 13.9 Å². The molecule has 2 aromatic rings. The smallest absolute Gasteiger partial charge is 0.242 e. The van der Waals surface area contributed by atoms with Crippen molar-refractivity contribution in [2.24, 2.45) is 0 Å². The van der Waals surface area contributed by atoms with Crippen LogP contribution in [-0.2, 0) is 26.0 Å². The summed E-state index contributed by atoms with van der Waals surface area (Å²) < 4.78 is 52.2. The van der Waals surface area contributed by atoms with Crippen LogP contribution in [0.4, 0.5) is 14.5 Å². The second-order valence-corrected chi connectivity index (χ2v) is 9.56. The van der Waals surface area contributed by atoms with Crippen LogP contribution in [0.1, 0.15) is 25.3 Å². The molecule has 0 heterocycles. The summed E-state index contributed by atoms with van der Waals surface area (Å²) >= 11 is 0. The quantitative estimate of drug-likeness (QED) is 0.535. The molecule has 0 bridgehead atoms. The van der Waals surface area contributed by atoms with Crippen molar-refractivity contribution < 1.29 is 26.8 Å². The first-order valence-corrected chi connectivity index (χ1v) is 12.4. The van der Waals surface area contributed by atoms with Gasteiger partial charge in [0.05, 0.1) is 11.9 Å². The minimum absolute atomic E-state index is 0.0220. The lowest BCUT2D eigenvalue weighted by molar-refractivity contribution is -0.139. The molecule has 7 nitrogen and oxygen atoms in total. The fourth-order valence-electron chi connectivity index (χ4n) is 3.42. The van der Waals surface area contributed by atoms with Gasteiger partial charge in [0.2, 0.25) is 21.8 Å². The number of carbonyl (C=O) groups is 2. The molecule has 2 rings (SSSR count). The number of hydrogen-bond acceptors (Lipinski definition) is 4. The number of anilines is 1. The Morgan fingerprint density at radius 1 is 1.03 bits per heavy atom. The molecule has 0 unspecified atom stereocenters. The summed E-state index contributed by atoms with van der Waals surface area (Å²) in [6.07, 6.45) is 1.62. The predicted octanol–water partition coefficient (Wildman–Crippen LogP) is 2.72. The van der Waals surface area contributed by atoms with Gasteiger partial charge in [-0.05, 0) is 37.5 Å². The van der Waals surface area contributed by atoms with Crippen LogP contribution in [-0.4, -0.2) is 57.6 Å². The molecule has 1 N–H and O–H groups in total. The zero-order valence-electron chi connectivity index (χ0n) is 18.9. The normalized spacial score (nSPS) is 12.2. The van der Waals surface area contributed by atoms with E-state index in [0.717, 1.165) is 28.3 Å². The number of sulfonamides is 1. The van der Waals surface area contributed by atoms with Crippen LogP contribution in [0.2, 0.25) is 0 Å². The van der Waals surface area contributed by atoms with Crippen molar-refractivity contribution in [3.05, 3.63) is 65.7 Å². The van der Waals surface area contributed by atoms with Crippen LogP contribution in [0.15, 0.2) is 48.5 Å². The molecule has 0 fully saturated rings. The number of nitrogens with one attached hydrogen (secondary N) is 1. The monoisotopic (exact) mass is 481 g/mol. The van der Waals surface area contributed by atoms with Crippen molar-refractivity contribution in [2.75, 3.05) is 30.7 Å². The number of likely N-dealkylation sites (N-methyl/N-ethyl adjacent to an activating group) is 1. The molecular formula is C23H29F2N3O4S. The van der Waals surface area contributed by atoms with Crippen LogP contribution in [0.3, 0.4) is 0 Å². The zero-order chi connectivity index (χ0) is 24.6. The Morgan fingerprint density at radius 3 is 2.27 bits per heavy atom. The predicted molar refractivity (Wildman–Crippen MR) is 123 cm³/mol.